The molecule has 4 nitrogen and oxygen atoms in total. The molecular formula is C20H25NO3. The number of rotatable bonds is 6. The zero-order chi connectivity index (χ0) is 17.7. The van der Waals surface area contributed by atoms with E-state index in [-0.39, 0.29) is 18.6 Å². The highest BCUT2D eigenvalue weighted by Crippen LogP contribution is 2.20. The second-order valence-electron chi connectivity index (χ2n) is 6.21. The fraction of sp³-hybridized carbons (Fsp3) is 0.350. The molecule has 0 saturated heterocycles. The van der Waals surface area contributed by atoms with Crippen molar-refractivity contribution in [1.82, 2.24) is 4.90 Å². The molecule has 0 aliphatic heterocycles. The highest BCUT2D eigenvalue weighted by Gasteiger charge is 2.24. The van der Waals surface area contributed by atoms with Crippen LogP contribution in [-0.4, -0.2) is 35.6 Å². The Kier molecular flexibility index (Phi) is 5.99. The van der Waals surface area contributed by atoms with Crippen LogP contribution in [-0.2, 0) is 4.79 Å². The lowest BCUT2D eigenvalue weighted by Gasteiger charge is -2.29. The molecule has 1 N–H and O–H groups in total. The molecule has 128 valence electrons. The Labute approximate surface area is 143 Å². The van der Waals surface area contributed by atoms with E-state index in [1.807, 2.05) is 63.2 Å². The van der Waals surface area contributed by atoms with Crippen molar-refractivity contribution in [1.29, 1.82) is 0 Å². The molecule has 2 aromatic carbocycles. The van der Waals surface area contributed by atoms with Crippen molar-refractivity contribution in [3.8, 4) is 5.75 Å². The third kappa shape index (κ3) is 4.59. The van der Waals surface area contributed by atoms with Crippen molar-refractivity contribution in [2.75, 3.05) is 13.7 Å². The summed E-state index contributed by atoms with van der Waals surface area (Å²) in [6.07, 6.45) is -0.735. The molecule has 2 atom stereocenters. The van der Waals surface area contributed by atoms with Gasteiger partial charge >= 0.3 is 0 Å². The first kappa shape index (κ1) is 18.0. The molecule has 2 unspecified atom stereocenters. The van der Waals surface area contributed by atoms with Gasteiger partial charge in [-0.3, -0.25) is 4.79 Å². The van der Waals surface area contributed by atoms with Gasteiger partial charge in [0.2, 0.25) is 0 Å². The van der Waals surface area contributed by atoms with Gasteiger partial charge in [-0.1, -0.05) is 36.4 Å². The molecule has 0 radical (unpaired) electrons. The predicted molar refractivity (Wildman–Crippen MR) is 95.0 cm³/mol. The van der Waals surface area contributed by atoms with E-state index in [1.165, 1.54) is 4.90 Å². The number of hydrogen-bond acceptors (Lipinski definition) is 3. The zero-order valence-corrected chi connectivity index (χ0v) is 14.7. The monoisotopic (exact) mass is 327 g/mol. The van der Waals surface area contributed by atoms with Crippen molar-refractivity contribution in [3.05, 3.63) is 65.2 Å². The van der Waals surface area contributed by atoms with Gasteiger partial charge in [0.25, 0.3) is 5.91 Å². The van der Waals surface area contributed by atoms with Gasteiger partial charge in [-0.15, -0.1) is 0 Å². The number of likely N-dealkylation sites (N-methyl/N-ethyl adjacent to an activating group) is 1. The Morgan fingerprint density at radius 1 is 1.12 bits per heavy atom. The molecule has 0 fully saturated rings. The second-order valence-corrected chi connectivity index (χ2v) is 6.21. The molecule has 0 saturated carbocycles. The van der Waals surface area contributed by atoms with Gasteiger partial charge in [0.05, 0.1) is 12.1 Å². The maximum absolute atomic E-state index is 12.4. The van der Waals surface area contributed by atoms with Crippen molar-refractivity contribution >= 4 is 5.91 Å². The Morgan fingerprint density at radius 3 is 2.29 bits per heavy atom. The Bertz CT molecular complexity index is 664. The lowest BCUT2D eigenvalue weighted by Crippen LogP contribution is -2.41. The second kappa shape index (κ2) is 7.97. The van der Waals surface area contributed by atoms with E-state index in [4.69, 9.17) is 4.74 Å². The van der Waals surface area contributed by atoms with E-state index in [2.05, 4.69) is 6.07 Å². The van der Waals surface area contributed by atoms with Gasteiger partial charge in [0.15, 0.2) is 6.61 Å². The minimum atomic E-state index is -0.735. The zero-order valence-electron chi connectivity index (χ0n) is 14.7. The molecule has 0 aromatic heterocycles. The fourth-order valence-corrected chi connectivity index (χ4v) is 2.63. The van der Waals surface area contributed by atoms with Crippen LogP contribution < -0.4 is 4.74 Å². The molecular weight excluding hydrogens is 302 g/mol. The van der Waals surface area contributed by atoms with Gasteiger partial charge in [0, 0.05) is 7.05 Å². The molecule has 1 amide bonds. The quantitative estimate of drug-likeness (QED) is 0.886. The molecule has 0 spiro atoms. The highest BCUT2D eigenvalue weighted by molar-refractivity contribution is 5.77. The Hall–Kier alpha value is -2.33. The summed E-state index contributed by atoms with van der Waals surface area (Å²) >= 11 is 0. The van der Waals surface area contributed by atoms with Gasteiger partial charge in [0.1, 0.15) is 5.75 Å². The number of aryl methyl sites for hydroxylation is 2. The molecule has 0 heterocycles. The van der Waals surface area contributed by atoms with Crippen molar-refractivity contribution < 1.29 is 14.6 Å². The summed E-state index contributed by atoms with van der Waals surface area (Å²) in [5.74, 6) is 0.516. The Morgan fingerprint density at radius 2 is 1.71 bits per heavy atom. The normalized spacial score (nSPS) is 13.2. The van der Waals surface area contributed by atoms with E-state index in [1.54, 1.807) is 7.05 Å². The van der Waals surface area contributed by atoms with Crippen LogP contribution in [0.3, 0.4) is 0 Å². The van der Waals surface area contributed by atoms with Crippen molar-refractivity contribution in [3.63, 3.8) is 0 Å². The minimum Gasteiger partial charge on any atom is -0.484 e. The molecule has 24 heavy (non-hydrogen) atoms. The molecule has 2 aromatic rings. The van der Waals surface area contributed by atoms with Crippen LogP contribution in [0.1, 0.15) is 29.7 Å². The van der Waals surface area contributed by atoms with Crippen LogP contribution in [0, 0.1) is 13.8 Å². The number of aliphatic hydroxyl groups is 1. The number of benzene rings is 2. The minimum absolute atomic E-state index is 0.0504. The number of aliphatic hydroxyl groups excluding tert-OH is 1. The summed E-state index contributed by atoms with van der Waals surface area (Å²) in [5, 5.41) is 10.4. The maximum atomic E-state index is 12.4. The van der Waals surface area contributed by atoms with E-state index < -0.39 is 6.10 Å². The first-order valence-corrected chi connectivity index (χ1v) is 8.08. The van der Waals surface area contributed by atoms with Gasteiger partial charge < -0.3 is 14.7 Å². The molecule has 0 bridgehead atoms. The lowest BCUT2D eigenvalue weighted by atomic mass is 10.0. The summed E-state index contributed by atoms with van der Waals surface area (Å²) in [7, 11) is 1.68. The van der Waals surface area contributed by atoms with Crippen LogP contribution in [0.5, 0.6) is 5.75 Å². The molecule has 4 heteroatoms. The molecule has 0 aliphatic rings. The maximum Gasteiger partial charge on any atom is 0.260 e. The highest BCUT2D eigenvalue weighted by atomic mass is 16.5. The van der Waals surface area contributed by atoms with Crippen LogP contribution in [0.25, 0.3) is 0 Å². The van der Waals surface area contributed by atoms with Crippen LogP contribution in [0.2, 0.25) is 0 Å². The molecule has 0 aliphatic carbocycles. The SMILES string of the molecule is Cc1cc(C)cc(OCC(=O)N(C)C(C)C(O)c2ccccc2)c1. The average molecular weight is 327 g/mol. The summed E-state index contributed by atoms with van der Waals surface area (Å²) in [5.41, 5.74) is 2.98. The summed E-state index contributed by atoms with van der Waals surface area (Å²) in [6.45, 7) is 5.76. The Balaban J connectivity index is 1.96. The number of nitrogens with zero attached hydrogens (tertiary/aromatic N) is 1. The summed E-state index contributed by atoms with van der Waals surface area (Å²) in [4.78, 5) is 13.9. The fourth-order valence-electron chi connectivity index (χ4n) is 2.63. The number of ether oxygens (including phenoxy) is 1. The van der Waals surface area contributed by atoms with Gasteiger partial charge in [-0.25, -0.2) is 0 Å². The number of carbonyl (C=O) groups excluding carboxylic acids is 1. The van der Waals surface area contributed by atoms with E-state index in [0.717, 1.165) is 16.7 Å². The number of carbonyl (C=O) groups is 1. The van der Waals surface area contributed by atoms with E-state index in [0.29, 0.717) is 5.75 Å². The van der Waals surface area contributed by atoms with Crippen LogP contribution in [0.4, 0.5) is 0 Å². The predicted octanol–water partition coefficient (Wildman–Crippen LogP) is 3.26. The summed E-state index contributed by atoms with van der Waals surface area (Å²) < 4.78 is 5.61. The largest absolute Gasteiger partial charge is 0.484 e. The van der Waals surface area contributed by atoms with Gasteiger partial charge in [-0.2, -0.15) is 0 Å². The first-order chi connectivity index (χ1) is 11.4. The first-order valence-electron chi connectivity index (χ1n) is 8.08. The van der Waals surface area contributed by atoms with Crippen LogP contribution >= 0.6 is 0 Å². The molecule has 2 rings (SSSR count). The van der Waals surface area contributed by atoms with E-state index in [9.17, 15) is 9.90 Å². The topological polar surface area (TPSA) is 49.8 Å². The number of amides is 1. The van der Waals surface area contributed by atoms with Gasteiger partial charge in [-0.05, 0) is 49.6 Å². The number of hydrogen-bond donors (Lipinski definition) is 1. The average Bonchev–Trinajstić information content (AvgIpc) is 2.57. The standard InChI is InChI=1S/C20H25NO3/c1-14-10-15(2)12-18(11-14)24-13-19(22)21(4)16(3)20(23)17-8-6-5-7-9-17/h5-12,16,20,23H,13H2,1-4H3. The third-order valence-corrected chi connectivity index (χ3v) is 4.16. The van der Waals surface area contributed by atoms with Crippen molar-refractivity contribution in [2.45, 2.75) is 32.9 Å². The lowest BCUT2D eigenvalue weighted by molar-refractivity contribution is -0.136. The van der Waals surface area contributed by atoms with Crippen molar-refractivity contribution in [2.24, 2.45) is 0 Å². The van der Waals surface area contributed by atoms with Crippen LogP contribution in [0.15, 0.2) is 48.5 Å². The van der Waals surface area contributed by atoms with E-state index >= 15 is 0 Å². The summed E-state index contributed by atoms with van der Waals surface area (Å²) in [6, 6.07) is 14.9. The smallest absolute Gasteiger partial charge is 0.260 e. The third-order valence-electron chi connectivity index (χ3n) is 4.16.